The van der Waals surface area contributed by atoms with Crippen LogP contribution in [-0.2, 0) is 11.3 Å². The third-order valence-corrected chi connectivity index (χ3v) is 4.63. The van der Waals surface area contributed by atoms with Gasteiger partial charge in [0.2, 0.25) is 0 Å². The summed E-state index contributed by atoms with van der Waals surface area (Å²) in [5.74, 6) is -0.115. The zero-order valence-corrected chi connectivity index (χ0v) is 12.7. The SMILES string of the molecule is CCCC1CCC(CN)(OCc2cc(F)ccc2F)CC1. The molecular formula is C17H25F2NO. The fraction of sp³-hybridized carbons (Fsp3) is 0.647. The Morgan fingerprint density at radius 1 is 1.29 bits per heavy atom. The molecule has 118 valence electrons. The van der Waals surface area contributed by atoms with Gasteiger partial charge in [-0.25, -0.2) is 8.78 Å². The second kappa shape index (κ2) is 7.32. The monoisotopic (exact) mass is 297 g/mol. The van der Waals surface area contributed by atoms with Crippen LogP contribution >= 0.6 is 0 Å². The van der Waals surface area contributed by atoms with E-state index in [1.54, 1.807) is 0 Å². The van der Waals surface area contributed by atoms with Crippen LogP contribution in [0.1, 0.15) is 51.0 Å². The van der Waals surface area contributed by atoms with E-state index >= 15 is 0 Å². The van der Waals surface area contributed by atoms with Gasteiger partial charge in [0, 0.05) is 12.1 Å². The van der Waals surface area contributed by atoms with E-state index in [1.165, 1.54) is 18.9 Å². The highest BCUT2D eigenvalue weighted by Crippen LogP contribution is 2.37. The van der Waals surface area contributed by atoms with Crippen LogP contribution in [0.4, 0.5) is 8.78 Å². The lowest BCUT2D eigenvalue weighted by Crippen LogP contribution is -2.44. The third kappa shape index (κ3) is 4.24. The zero-order valence-electron chi connectivity index (χ0n) is 12.7. The van der Waals surface area contributed by atoms with Gasteiger partial charge in [0.1, 0.15) is 11.6 Å². The Labute approximate surface area is 125 Å². The van der Waals surface area contributed by atoms with E-state index in [0.717, 1.165) is 43.7 Å². The Balaban J connectivity index is 1.95. The Morgan fingerprint density at radius 2 is 2.00 bits per heavy atom. The summed E-state index contributed by atoms with van der Waals surface area (Å²) in [7, 11) is 0. The van der Waals surface area contributed by atoms with Gasteiger partial charge < -0.3 is 10.5 Å². The third-order valence-electron chi connectivity index (χ3n) is 4.63. The van der Waals surface area contributed by atoms with Crippen molar-refractivity contribution in [2.24, 2.45) is 11.7 Å². The van der Waals surface area contributed by atoms with Gasteiger partial charge in [0.05, 0.1) is 12.2 Å². The van der Waals surface area contributed by atoms with Crippen LogP contribution in [0, 0.1) is 17.6 Å². The fourth-order valence-corrected chi connectivity index (χ4v) is 3.19. The number of ether oxygens (including phenoxy) is 1. The van der Waals surface area contributed by atoms with Crippen molar-refractivity contribution in [3.05, 3.63) is 35.4 Å². The number of nitrogens with two attached hydrogens (primary N) is 1. The quantitative estimate of drug-likeness (QED) is 0.855. The summed E-state index contributed by atoms with van der Waals surface area (Å²) in [5, 5.41) is 0. The summed E-state index contributed by atoms with van der Waals surface area (Å²) >= 11 is 0. The first-order valence-corrected chi connectivity index (χ1v) is 7.86. The Morgan fingerprint density at radius 3 is 2.62 bits per heavy atom. The molecule has 0 amide bonds. The molecule has 2 rings (SSSR count). The molecular weight excluding hydrogens is 272 g/mol. The first-order valence-electron chi connectivity index (χ1n) is 7.86. The van der Waals surface area contributed by atoms with Crippen LogP contribution in [0.15, 0.2) is 18.2 Å². The van der Waals surface area contributed by atoms with Gasteiger partial charge in [0.15, 0.2) is 0 Å². The summed E-state index contributed by atoms with van der Waals surface area (Å²) in [6.45, 7) is 2.72. The summed E-state index contributed by atoms with van der Waals surface area (Å²) in [5.41, 5.74) is 5.79. The van der Waals surface area contributed by atoms with Crippen molar-refractivity contribution < 1.29 is 13.5 Å². The highest BCUT2D eigenvalue weighted by atomic mass is 19.1. The molecule has 0 radical (unpaired) electrons. The highest BCUT2D eigenvalue weighted by Gasteiger charge is 2.35. The number of benzene rings is 1. The fourth-order valence-electron chi connectivity index (χ4n) is 3.19. The lowest BCUT2D eigenvalue weighted by molar-refractivity contribution is -0.0824. The highest BCUT2D eigenvalue weighted by molar-refractivity contribution is 5.18. The minimum atomic E-state index is -0.441. The van der Waals surface area contributed by atoms with Crippen molar-refractivity contribution in [3.63, 3.8) is 0 Å². The second-order valence-electron chi connectivity index (χ2n) is 6.14. The normalized spacial score (nSPS) is 26.0. The number of rotatable bonds is 6. The molecule has 0 heterocycles. The minimum Gasteiger partial charge on any atom is -0.369 e. The molecule has 1 aliphatic carbocycles. The van der Waals surface area contributed by atoms with Crippen LogP contribution in [0.2, 0.25) is 0 Å². The largest absolute Gasteiger partial charge is 0.369 e. The van der Waals surface area contributed by atoms with E-state index in [9.17, 15) is 8.78 Å². The average Bonchev–Trinajstić information content (AvgIpc) is 2.50. The summed E-state index contributed by atoms with van der Waals surface area (Å²) in [6.07, 6.45) is 6.48. The molecule has 1 aliphatic rings. The molecule has 21 heavy (non-hydrogen) atoms. The van der Waals surface area contributed by atoms with E-state index in [2.05, 4.69) is 6.92 Å². The van der Waals surface area contributed by atoms with Gasteiger partial charge in [-0.1, -0.05) is 19.8 Å². The second-order valence-corrected chi connectivity index (χ2v) is 6.14. The lowest BCUT2D eigenvalue weighted by atomic mass is 9.77. The first kappa shape index (κ1) is 16.4. The number of hydrogen-bond donors (Lipinski definition) is 1. The van der Waals surface area contributed by atoms with Crippen molar-refractivity contribution in [1.82, 2.24) is 0 Å². The number of halogens is 2. The predicted octanol–water partition coefficient (Wildman–Crippen LogP) is 4.17. The first-order chi connectivity index (χ1) is 10.1. The molecule has 0 unspecified atom stereocenters. The van der Waals surface area contributed by atoms with Gasteiger partial charge in [-0.3, -0.25) is 0 Å². The lowest BCUT2D eigenvalue weighted by Gasteiger charge is -2.39. The van der Waals surface area contributed by atoms with Crippen LogP contribution in [0.5, 0.6) is 0 Å². The van der Waals surface area contributed by atoms with Crippen molar-refractivity contribution in [1.29, 1.82) is 0 Å². The van der Waals surface area contributed by atoms with Crippen LogP contribution in [0.3, 0.4) is 0 Å². The molecule has 0 atom stereocenters. The van der Waals surface area contributed by atoms with E-state index in [4.69, 9.17) is 10.5 Å². The molecule has 0 aliphatic heterocycles. The molecule has 0 saturated heterocycles. The Kier molecular flexibility index (Phi) is 5.71. The molecule has 4 heteroatoms. The molecule has 1 saturated carbocycles. The van der Waals surface area contributed by atoms with E-state index in [0.29, 0.717) is 6.54 Å². The molecule has 1 aromatic rings. The van der Waals surface area contributed by atoms with Gasteiger partial charge in [0.25, 0.3) is 0 Å². The summed E-state index contributed by atoms with van der Waals surface area (Å²) in [4.78, 5) is 0. The molecule has 2 N–H and O–H groups in total. The van der Waals surface area contributed by atoms with Crippen molar-refractivity contribution in [3.8, 4) is 0 Å². The smallest absolute Gasteiger partial charge is 0.128 e. The maximum absolute atomic E-state index is 13.6. The van der Waals surface area contributed by atoms with Crippen molar-refractivity contribution in [2.45, 2.75) is 57.7 Å². The predicted molar refractivity (Wildman–Crippen MR) is 79.8 cm³/mol. The summed E-state index contributed by atoms with van der Waals surface area (Å²) in [6, 6.07) is 3.46. The summed E-state index contributed by atoms with van der Waals surface area (Å²) < 4.78 is 32.8. The van der Waals surface area contributed by atoms with E-state index < -0.39 is 11.6 Å². The maximum Gasteiger partial charge on any atom is 0.128 e. The van der Waals surface area contributed by atoms with E-state index in [-0.39, 0.29) is 17.8 Å². The Bertz CT molecular complexity index is 456. The van der Waals surface area contributed by atoms with Gasteiger partial charge in [-0.15, -0.1) is 0 Å². The standard InChI is InChI=1S/C17H25F2NO/c1-2-3-13-6-8-17(12-20,9-7-13)21-11-14-10-15(18)4-5-16(14)19/h4-5,10,13H,2-3,6-9,11-12,20H2,1H3. The van der Waals surface area contributed by atoms with Gasteiger partial charge in [-0.05, 0) is 49.8 Å². The zero-order chi connectivity index (χ0) is 15.3. The number of hydrogen-bond acceptors (Lipinski definition) is 2. The molecule has 0 aromatic heterocycles. The van der Waals surface area contributed by atoms with E-state index in [1.807, 2.05) is 0 Å². The average molecular weight is 297 g/mol. The Hall–Kier alpha value is -1.00. The molecule has 0 bridgehead atoms. The topological polar surface area (TPSA) is 35.2 Å². The molecule has 1 fully saturated rings. The molecule has 0 spiro atoms. The van der Waals surface area contributed by atoms with Crippen LogP contribution in [-0.4, -0.2) is 12.1 Å². The van der Waals surface area contributed by atoms with Crippen LogP contribution in [0.25, 0.3) is 0 Å². The van der Waals surface area contributed by atoms with Crippen molar-refractivity contribution in [2.75, 3.05) is 6.54 Å². The molecule has 1 aromatic carbocycles. The van der Waals surface area contributed by atoms with Gasteiger partial charge >= 0.3 is 0 Å². The van der Waals surface area contributed by atoms with Gasteiger partial charge in [-0.2, -0.15) is 0 Å². The van der Waals surface area contributed by atoms with Crippen LogP contribution < -0.4 is 5.73 Å². The molecule has 2 nitrogen and oxygen atoms in total. The van der Waals surface area contributed by atoms with Crippen molar-refractivity contribution >= 4 is 0 Å². The maximum atomic E-state index is 13.6. The minimum absolute atomic E-state index is 0.0826.